The summed E-state index contributed by atoms with van der Waals surface area (Å²) in [6, 6.07) is 20.5. The van der Waals surface area contributed by atoms with Crippen LogP contribution in [0.3, 0.4) is 0 Å². The number of anilines is 6. The van der Waals surface area contributed by atoms with E-state index < -0.39 is 111 Å². The van der Waals surface area contributed by atoms with Gasteiger partial charge in [0, 0.05) is 77.1 Å². The first kappa shape index (κ1) is 97.4. The van der Waals surface area contributed by atoms with E-state index in [2.05, 4.69) is 76.5 Å². The summed E-state index contributed by atoms with van der Waals surface area (Å²) in [7, 11) is 15.9. The average molecular weight is 1880 g/mol. The van der Waals surface area contributed by atoms with Crippen LogP contribution in [0.25, 0.3) is 0 Å². The molecule has 0 aliphatic carbocycles. The number of likely N-dealkylation sites (tertiary alicyclic amines) is 3. The van der Waals surface area contributed by atoms with Gasteiger partial charge in [0.15, 0.2) is 0 Å². The van der Waals surface area contributed by atoms with E-state index in [-0.39, 0.29) is 139 Å². The minimum atomic E-state index is -4.90. The maximum absolute atomic E-state index is 15.2. The number of carbonyl (C=O) groups excluding carboxylic acids is 6. The number of piperidine rings is 3. The lowest BCUT2D eigenvalue weighted by Gasteiger charge is -2.36. The Morgan fingerprint density at radius 2 is 0.857 bits per heavy atom. The van der Waals surface area contributed by atoms with E-state index >= 15 is 8.78 Å². The number of ether oxygens (including phenoxy) is 7. The predicted molar refractivity (Wildman–Crippen MR) is 462 cm³/mol. The minimum Gasteiger partial charge on any atom is -0.495 e. The van der Waals surface area contributed by atoms with Crippen LogP contribution in [0.15, 0.2) is 110 Å². The Bertz CT molecular complexity index is 5950. The molecule has 3 fully saturated rings. The number of likely N-dealkylation sites (N-methyl/N-ethyl adjacent to an activating group) is 2. The van der Waals surface area contributed by atoms with Gasteiger partial charge in [0.05, 0.1) is 114 Å². The Hall–Kier alpha value is -13.1. The second-order valence-electron chi connectivity index (χ2n) is 33.1. The summed E-state index contributed by atoms with van der Waals surface area (Å²) in [5, 5.41) is 17.8. The number of hydrogen-bond donors (Lipinski definition) is 6. The van der Waals surface area contributed by atoms with Crippen molar-refractivity contribution in [3.05, 3.63) is 193 Å². The minimum absolute atomic E-state index is 0.0180. The molecule has 0 spiro atoms. The molecule has 708 valence electrons. The SMILES string of the molecule is COc1cc(C(=O)NC2CCN(C)CC2)c(F)cc1Nc1ncc(C(F)(F)F)c(Oc2cccc3c2C(=O)N(C)C3(C)C)n1.COc1cc(C(=O)N[C@@H]2CCCN(C)C2)c(F)cc1Nc1ncc(C(F)(F)F)c(Oc2cccc3c2C(=O)N(OC)C3)n1.COc1cc(C(=O)N[C@@H]2CCN(C)C[C@@H]2OC)c(Cl)cc1Nc1ncc(C(F)(F)F)c(Oc2cccc3c2C(=O)N(C)C3(C)C)n1. The molecule has 15 rings (SSSR count). The number of methoxy groups -OCH3 is 4. The van der Waals surface area contributed by atoms with E-state index in [1.54, 1.807) is 51.5 Å². The van der Waals surface area contributed by atoms with Crippen LogP contribution in [0.4, 0.5) is 83.2 Å². The number of fused-ring (bicyclic) bond motifs is 3. The highest BCUT2D eigenvalue weighted by molar-refractivity contribution is 6.34. The van der Waals surface area contributed by atoms with Crippen molar-refractivity contribution in [2.45, 2.75) is 120 Å². The number of aromatic nitrogens is 6. The van der Waals surface area contributed by atoms with Gasteiger partial charge in [0.2, 0.25) is 35.5 Å². The summed E-state index contributed by atoms with van der Waals surface area (Å²) >= 11 is 6.51. The maximum Gasteiger partial charge on any atom is 0.423 e. The fraction of sp³-hybridized carbons (Fsp3) is 0.393. The van der Waals surface area contributed by atoms with E-state index in [1.165, 1.54) is 86.8 Å². The molecule has 6 N–H and O–H groups in total. The van der Waals surface area contributed by atoms with E-state index in [1.807, 2.05) is 48.8 Å². The number of nitrogens with one attached hydrogen (secondary N) is 6. The fourth-order valence-electron chi connectivity index (χ4n) is 15.9. The molecule has 0 bridgehead atoms. The molecule has 32 nitrogen and oxygen atoms in total. The molecule has 44 heteroatoms. The first-order valence-corrected chi connectivity index (χ1v) is 41.8. The zero-order chi connectivity index (χ0) is 96.4. The second kappa shape index (κ2) is 39.4. The van der Waals surface area contributed by atoms with Crippen LogP contribution < -0.4 is 60.3 Å². The monoisotopic (exact) mass is 1880 g/mol. The Labute approximate surface area is 760 Å². The average Bonchev–Trinajstić information content (AvgIpc) is 1.59. The molecule has 0 unspecified atom stereocenters. The van der Waals surface area contributed by atoms with Gasteiger partial charge in [-0.3, -0.25) is 33.6 Å². The van der Waals surface area contributed by atoms with E-state index in [4.69, 9.17) is 49.6 Å². The molecule has 3 atom stereocenters. The topological polar surface area (TPSA) is 345 Å². The molecule has 9 heterocycles. The van der Waals surface area contributed by atoms with Gasteiger partial charge in [0.25, 0.3) is 35.4 Å². The molecule has 0 saturated carbocycles. The number of amides is 6. The van der Waals surface area contributed by atoms with E-state index in [0.29, 0.717) is 54.8 Å². The molecule has 6 aliphatic heterocycles. The molecule has 3 saturated heterocycles. The molecule has 3 aromatic heterocycles. The molecule has 6 amide bonds. The van der Waals surface area contributed by atoms with Crippen molar-refractivity contribution in [2.75, 3.05) is 126 Å². The summed E-state index contributed by atoms with van der Waals surface area (Å²) in [6.07, 6.45) is -9.47. The number of nitrogens with zero attached hydrogens (tertiary/aromatic N) is 12. The van der Waals surface area contributed by atoms with Crippen molar-refractivity contribution in [1.82, 2.24) is 75.4 Å². The zero-order valence-corrected chi connectivity index (χ0v) is 75.1. The normalized spacial score (nSPS) is 17.9. The van der Waals surface area contributed by atoms with Gasteiger partial charge >= 0.3 is 18.5 Å². The largest absolute Gasteiger partial charge is 0.495 e. The molecular formula is C89H94ClF11N18O14. The summed E-state index contributed by atoms with van der Waals surface area (Å²) < 4.78 is 194. The number of rotatable bonds is 23. The fourth-order valence-corrected chi connectivity index (χ4v) is 16.1. The summed E-state index contributed by atoms with van der Waals surface area (Å²) in [5.74, 6) is -8.60. The smallest absolute Gasteiger partial charge is 0.423 e. The molecule has 133 heavy (non-hydrogen) atoms. The van der Waals surface area contributed by atoms with E-state index in [0.717, 1.165) is 69.1 Å². The highest BCUT2D eigenvalue weighted by atomic mass is 35.5. The Morgan fingerprint density at radius 1 is 0.459 bits per heavy atom. The van der Waals surface area contributed by atoms with Crippen molar-refractivity contribution in [3.8, 4) is 52.1 Å². The van der Waals surface area contributed by atoms with Gasteiger partial charge in [-0.2, -0.15) is 54.5 Å². The lowest BCUT2D eigenvalue weighted by Crippen LogP contribution is -2.53. The highest BCUT2D eigenvalue weighted by Gasteiger charge is 2.47. The van der Waals surface area contributed by atoms with Gasteiger partial charge in [-0.1, -0.05) is 48.0 Å². The number of carbonyl (C=O) groups is 6. The Morgan fingerprint density at radius 3 is 1.28 bits per heavy atom. The van der Waals surface area contributed by atoms with Crippen molar-refractivity contribution in [1.29, 1.82) is 0 Å². The summed E-state index contributed by atoms with van der Waals surface area (Å²) in [6.45, 7) is 11.9. The maximum atomic E-state index is 15.2. The summed E-state index contributed by atoms with van der Waals surface area (Å²) in [4.78, 5) is 115. The van der Waals surface area contributed by atoms with Gasteiger partial charge in [-0.25, -0.2) is 28.8 Å². The van der Waals surface area contributed by atoms with Crippen LogP contribution in [0.1, 0.15) is 155 Å². The summed E-state index contributed by atoms with van der Waals surface area (Å²) in [5.41, 5.74) is -3.54. The van der Waals surface area contributed by atoms with Crippen LogP contribution in [0.5, 0.6) is 52.1 Å². The molecular weight excluding hydrogens is 1790 g/mol. The third-order valence-corrected chi connectivity index (χ3v) is 24.0. The number of alkyl halides is 9. The van der Waals surface area contributed by atoms with Crippen LogP contribution in [-0.4, -0.2) is 229 Å². The highest BCUT2D eigenvalue weighted by Crippen LogP contribution is 2.49. The lowest BCUT2D eigenvalue weighted by molar-refractivity contribution is -0.140. The van der Waals surface area contributed by atoms with Crippen molar-refractivity contribution < 1.29 is 115 Å². The second-order valence-corrected chi connectivity index (χ2v) is 33.5. The Balaban J connectivity index is 0.000000169. The predicted octanol–water partition coefficient (Wildman–Crippen LogP) is 15.3. The van der Waals surface area contributed by atoms with Gasteiger partial charge < -0.3 is 89.6 Å². The van der Waals surface area contributed by atoms with Gasteiger partial charge in [-0.05, 0) is 166 Å². The molecule has 0 radical (unpaired) electrons. The van der Waals surface area contributed by atoms with Gasteiger partial charge in [-0.15, -0.1) is 0 Å². The lowest BCUT2D eigenvalue weighted by atomic mass is 9.94. The van der Waals surface area contributed by atoms with Crippen molar-refractivity contribution in [2.24, 2.45) is 0 Å². The van der Waals surface area contributed by atoms with E-state index in [9.17, 15) is 68.3 Å². The number of benzene rings is 6. The molecule has 6 aliphatic rings. The standard InChI is InChI=1S/C31H34ClF3N6O5.C30H32F4N6O4.C28H28F4N6O5/c1-30(2)17-8-7-9-22(25(17)28(43)41(30)4)46-27-18(31(33,34)35)14-36-29(39-27)38-21-13-19(32)16(12-23(21)44-5)26(42)37-20-10-11-40(3)15-24(20)45-6;1-29(2)18-7-6-8-22(24(18)27(42)40(29)4)44-26-19(30(32,33)34)15-35-28(38-26)37-21-14-20(31)17(13-23(21)43-5)25(41)36-16-9-11-39(3)12-10-16;1-37-9-5-7-16(14-37)34-24(39)17-10-22(41-2)20(11-19(17)29)35-27-33-12-18(28(30,31)32)25(36-27)43-21-8-4-6-15-13-38(42-3)26(40)23(15)21/h7-9,12-14,20,24H,10-11,15H2,1-6H3,(H,37,42)(H,36,38,39);6-8,13-16H,9-12H2,1-5H3,(H,36,41)(H,35,37,38);4,6,8,10-12,16H,5,7,9,13-14H2,1-3H3,(H,34,39)(H,33,35,36)/t20-,24+;;16-/m1.1/s1. The van der Waals surface area contributed by atoms with Crippen molar-refractivity contribution in [3.63, 3.8) is 0 Å². The van der Waals surface area contributed by atoms with Gasteiger partial charge in [0.1, 0.15) is 62.8 Å². The first-order chi connectivity index (χ1) is 62.8. The molecule has 9 aromatic rings. The number of halogens is 12. The van der Waals surface area contributed by atoms with Crippen LogP contribution in [0, 0.1) is 11.6 Å². The third kappa shape index (κ3) is 21.2. The number of hydrogen-bond acceptors (Lipinski definition) is 26. The van der Waals surface area contributed by atoms with Crippen LogP contribution in [0.2, 0.25) is 5.02 Å². The first-order valence-electron chi connectivity index (χ1n) is 41.5. The zero-order valence-electron chi connectivity index (χ0n) is 74.3. The van der Waals surface area contributed by atoms with Crippen LogP contribution in [-0.2, 0) is 45.7 Å². The van der Waals surface area contributed by atoms with Crippen LogP contribution >= 0.6 is 11.6 Å². The van der Waals surface area contributed by atoms with Crippen molar-refractivity contribution >= 4 is 82.0 Å². The third-order valence-electron chi connectivity index (χ3n) is 23.7. The number of hydroxylamine groups is 2. The Kier molecular flexibility index (Phi) is 28.8. The molecule has 6 aromatic carbocycles. The quantitative estimate of drug-likeness (QED) is 0.0324.